The Hall–Kier alpha value is -3.93. The summed E-state index contributed by atoms with van der Waals surface area (Å²) in [6.07, 6.45) is 3.13. The highest BCUT2D eigenvalue weighted by Gasteiger charge is 2.09. The van der Waals surface area contributed by atoms with Gasteiger partial charge in [0.05, 0.1) is 17.1 Å². The van der Waals surface area contributed by atoms with Gasteiger partial charge in [-0.25, -0.2) is 4.79 Å². The Kier molecular flexibility index (Phi) is 4.60. The summed E-state index contributed by atoms with van der Waals surface area (Å²) in [5, 5.41) is 6.46. The second-order valence-corrected chi connectivity index (χ2v) is 6.14. The number of hydrogen-bond donors (Lipinski definition) is 1. The largest absolute Gasteiger partial charge is 0.489 e. The van der Waals surface area contributed by atoms with Crippen LogP contribution in [0.2, 0.25) is 0 Å². The molecule has 0 spiro atoms. The lowest BCUT2D eigenvalue weighted by molar-refractivity contribution is 0.363. The van der Waals surface area contributed by atoms with Gasteiger partial charge in [-0.3, -0.25) is 4.79 Å². The molecule has 4 rings (SSSR count). The molecule has 0 atom stereocenters. The maximum atomic E-state index is 12.7. The van der Waals surface area contributed by atoms with E-state index in [9.17, 15) is 9.59 Å². The number of para-hydroxylation sites is 1. The van der Waals surface area contributed by atoms with E-state index in [-0.39, 0.29) is 0 Å². The summed E-state index contributed by atoms with van der Waals surface area (Å²) < 4.78 is 6.55. The highest BCUT2D eigenvalue weighted by molar-refractivity contribution is 6.02. The molecular formula is C22H17N3O3. The molecule has 6 nitrogen and oxygen atoms in total. The van der Waals surface area contributed by atoms with Gasteiger partial charge in [-0.15, -0.1) is 4.68 Å². The maximum Gasteiger partial charge on any atom is 0.349 e. The molecule has 1 heterocycles. The van der Waals surface area contributed by atoms with Gasteiger partial charge in [0.1, 0.15) is 12.4 Å². The number of fused-ring (bicyclic) bond motifs is 2. The first-order chi connectivity index (χ1) is 13.7. The molecule has 4 aromatic rings. The molecule has 1 aromatic heterocycles. The molecule has 138 valence electrons. The summed E-state index contributed by atoms with van der Waals surface area (Å²) in [4.78, 5) is 27.7. The Bertz CT molecular complexity index is 1330. The summed E-state index contributed by atoms with van der Waals surface area (Å²) in [6.45, 7) is 3.99. The first-order valence-electron chi connectivity index (χ1n) is 8.73. The minimum absolute atomic E-state index is 0.329. The Labute approximate surface area is 160 Å². The Morgan fingerprint density at radius 2 is 1.75 bits per heavy atom. The molecule has 6 heteroatoms. The molecule has 1 N–H and O–H groups in total. The SMILES string of the molecule is C=CCOc1ccc2ccccc2c1C=Nn1c(=O)[nH]c2ccccc2c1=O. The Morgan fingerprint density at radius 1 is 1.00 bits per heavy atom. The molecule has 0 amide bonds. The molecule has 0 aliphatic rings. The molecule has 0 aliphatic heterocycles. The molecule has 0 unspecified atom stereocenters. The minimum atomic E-state index is -0.603. The van der Waals surface area contributed by atoms with Crippen LogP contribution < -0.4 is 16.0 Å². The number of aromatic nitrogens is 2. The first kappa shape index (κ1) is 17.5. The molecule has 0 saturated carbocycles. The summed E-state index contributed by atoms with van der Waals surface area (Å²) in [6, 6.07) is 18.4. The van der Waals surface area contributed by atoms with Crippen molar-refractivity contribution in [3.8, 4) is 5.75 Å². The van der Waals surface area contributed by atoms with Crippen molar-refractivity contribution in [2.75, 3.05) is 6.61 Å². The van der Waals surface area contributed by atoms with Crippen molar-refractivity contribution in [3.05, 3.63) is 99.7 Å². The van der Waals surface area contributed by atoms with Gasteiger partial charge in [0.15, 0.2) is 0 Å². The summed E-state index contributed by atoms with van der Waals surface area (Å²) in [5.41, 5.74) is 0.0710. The summed E-state index contributed by atoms with van der Waals surface area (Å²) in [5.74, 6) is 0.590. The highest BCUT2D eigenvalue weighted by atomic mass is 16.5. The Balaban J connectivity index is 1.89. The van der Waals surface area contributed by atoms with E-state index in [1.807, 2.05) is 36.4 Å². The van der Waals surface area contributed by atoms with Gasteiger partial charge >= 0.3 is 5.69 Å². The zero-order valence-corrected chi connectivity index (χ0v) is 15.0. The molecule has 28 heavy (non-hydrogen) atoms. The van der Waals surface area contributed by atoms with E-state index in [2.05, 4.69) is 16.7 Å². The quantitative estimate of drug-likeness (QED) is 0.432. The third kappa shape index (κ3) is 3.12. The average Bonchev–Trinajstić information content (AvgIpc) is 2.72. The predicted octanol–water partition coefficient (Wildman–Crippen LogP) is 3.29. The lowest BCUT2D eigenvalue weighted by Crippen LogP contribution is -2.32. The van der Waals surface area contributed by atoms with E-state index in [0.717, 1.165) is 15.4 Å². The van der Waals surface area contributed by atoms with Crippen LogP contribution in [0.1, 0.15) is 5.56 Å². The van der Waals surface area contributed by atoms with Gasteiger partial charge in [-0.2, -0.15) is 5.10 Å². The smallest absolute Gasteiger partial charge is 0.349 e. The van der Waals surface area contributed by atoms with E-state index >= 15 is 0 Å². The van der Waals surface area contributed by atoms with Crippen LogP contribution >= 0.6 is 0 Å². The molecule has 0 radical (unpaired) electrons. The van der Waals surface area contributed by atoms with Crippen LogP contribution in [0.15, 0.2) is 88.0 Å². The normalized spacial score (nSPS) is 11.3. The standard InChI is InChI=1S/C22H17N3O3/c1-2-13-28-20-12-11-15-7-3-4-8-16(15)18(20)14-23-25-21(26)17-9-5-6-10-19(17)24-22(25)27/h2-12,14H,1,13H2,(H,24,27). The van der Waals surface area contributed by atoms with Gasteiger partial charge in [0.25, 0.3) is 5.56 Å². The average molecular weight is 371 g/mol. The second-order valence-electron chi connectivity index (χ2n) is 6.14. The minimum Gasteiger partial charge on any atom is -0.489 e. The van der Waals surface area contributed by atoms with Crippen LogP contribution in [0, 0.1) is 0 Å². The van der Waals surface area contributed by atoms with Gasteiger partial charge in [0.2, 0.25) is 0 Å². The predicted molar refractivity (Wildman–Crippen MR) is 111 cm³/mol. The fourth-order valence-corrected chi connectivity index (χ4v) is 3.06. The zero-order valence-electron chi connectivity index (χ0n) is 15.0. The molecule has 0 fully saturated rings. The van der Waals surface area contributed by atoms with Crippen molar-refractivity contribution in [3.63, 3.8) is 0 Å². The third-order valence-corrected chi connectivity index (χ3v) is 4.37. The summed E-state index contributed by atoms with van der Waals surface area (Å²) in [7, 11) is 0. The molecular weight excluding hydrogens is 354 g/mol. The molecule has 0 bridgehead atoms. The highest BCUT2D eigenvalue weighted by Crippen LogP contribution is 2.26. The number of nitrogens with zero attached hydrogens (tertiary/aromatic N) is 2. The molecule has 0 saturated heterocycles. The van der Waals surface area contributed by atoms with Crippen molar-refractivity contribution in [2.24, 2.45) is 5.10 Å². The van der Waals surface area contributed by atoms with Crippen molar-refractivity contribution < 1.29 is 4.74 Å². The number of benzene rings is 3. The lowest BCUT2D eigenvalue weighted by Gasteiger charge is -2.10. The number of rotatable bonds is 5. The fourth-order valence-electron chi connectivity index (χ4n) is 3.06. The second kappa shape index (κ2) is 7.36. The lowest BCUT2D eigenvalue weighted by atomic mass is 10.0. The number of aromatic amines is 1. The van der Waals surface area contributed by atoms with Crippen molar-refractivity contribution in [1.29, 1.82) is 0 Å². The van der Waals surface area contributed by atoms with Crippen molar-refractivity contribution >= 4 is 27.9 Å². The Morgan fingerprint density at radius 3 is 2.57 bits per heavy atom. The van der Waals surface area contributed by atoms with E-state index in [4.69, 9.17) is 4.74 Å². The number of ether oxygens (including phenoxy) is 1. The number of hydrogen-bond acceptors (Lipinski definition) is 4. The van der Waals surface area contributed by atoms with Crippen LogP contribution in [-0.2, 0) is 0 Å². The van der Waals surface area contributed by atoms with Crippen LogP contribution in [0.3, 0.4) is 0 Å². The van der Waals surface area contributed by atoms with Gasteiger partial charge in [0, 0.05) is 5.56 Å². The number of H-pyrrole nitrogens is 1. The van der Waals surface area contributed by atoms with Crippen LogP contribution in [0.5, 0.6) is 5.75 Å². The first-order valence-corrected chi connectivity index (χ1v) is 8.73. The topological polar surface area (TPSA) is 76.5 Å². The van der Waals surface area contributed by atoms with Crippen LogP contribution in [-0.4, -0.2) is 22.5 Å². The van der Waals surface area contributed by atoms with Crippen LogP contribution in [0.4, 0.5) is 0 Å². The molecule has 3 aromatic carbocycles. The van der Waals surface area contributed by atoms with E-state index in [0.29, 0.717) is 28.8 Å². The monoisotopic (exact) mass is 371 g/mol. The molecule has 0 aliphatic carbocycles. The fraction of sp³-hybridized carbons (Fsp3) is 0.0455. The van der Waals surface area contributed by atoms with E-state index < -0.39 is 11.2 Å². The number of nitrogens with one attached hydrogen (secondary N) is 1. The van der Waals surface area contributed by atoms with Crippen molar-refractivity contribution in [1.82, 2.24) is 9.66 Å². The van der Waals surface area contributed by atoms with Gasteiger partial charge in [-0.05, 0) is 29.0 Å². The zero-order chi connectivity index (χ0) is 19.5. The van der Waals surface area contributed by atoms with Gasteiger partial charge in [-0.1, -0.05) is 55.1 Å². The third-order valence-electron chi connectivity index (χ3n) is 4.37. The van der Waals surface area contributed by atoms with Crippen LogP contribution in [0.25, 0.3) is 21.7 Å². The van der Waals surface area contributed by atoms with Gasteiger partial charge < -0.3 is 9.72 Å². The van der Waals surface area contributed by atoms with Crippen molar-refractivity contribution in [2.45, 2.75) is 0 Å². The van der Waals surface area contributed by atoms with E-state index in [1.165, 1.54) is 6.21 Å². The summed E-state index contributed by atoms with van der Waals surface area (Å²) >= 11 is 0. The maximum absolute atomic E-state index is 12.7. The van der Waals surface area contributed by atoms with E-state index in [1.54, 1.807) is 30.3 Å².